The highest BCUT2D eigenvalue weighted by atomic mass is 32.1. The van der Waals surface area contributed by atoms with Crippen LogP contribution in [-0.4, -0.2) is 5.78 Å². The molecular weight excluding hydrogens is 276 g/mol. The lowest BCUT2D eigenvalue weighted by molar-refractivity contribution is 0.0951. The lowest BCUT2D eigenvalue weighted by Gasteiger charge is -2.26. The number of rotatable bonds is 3. The van der Waals surface area contributed by atoms with E-state index in [-0.39, 0.29) is 5.92 Å². The Kier molecular flexibility index (Phi) is 3.42. The van der Waals surface area contributed by atoms with Gasteiger partial charge >= 0.3 is 0 Å². The maximum absolute atomic E-state index is 12.8. The van der Waals surface area contributed by atoms with Crippen LogP contribution >= 0.6 is 11.3 Å². The molecule has 0 saturated heterocycles. The van der Waals surface area contributed by atoms with E-state index in [0.717, 1.165) is 30.7 Å². The molecule has 1 fully saturated rings. The third kappa shape index (κ3) is 2.36. The van der Waals surface area contributed by atoms with Gasteiger partial charge < -0.3 is 0 Å². The molecule has 2 aliphatic carbocycles. The highest BCUT2D eigenvalue weighted by Gasteiger charge is 2.28. The summed E-state index contributed by atoms with van der Waals surface area (Å²) in [6, 6.07) is 10.6. The minimum atomic E-state index is 0.0922. The van der Waals surface area contributed by atoms with Gasteiger partial charge in [0.1, 0.15) is 0 Å². The van der Waals surface area contributed by atoms with Crippen LogP contribution in [0.2, 0.25) is 0 Å². The van der Waals surface area contributed by atoms with Crippen LogP contribution in [0.4, 0.5) is 0 Å². The predicted molar refractivity (Wildman–Crippen MR) is 87.4 cm³/mol. The van der Waals surface area contributed by atoms with E-state index < -0.39 is 0 Å². The third-order valence-electron chi connectivity index (χ3n) is 5.14. The monoisotopic (exact) mass is 296 g/mol. The van der Waals surface area contributed by atoms with Gasteiger partial charge in [-0.15, -0.1) is 11.3 Å². The fraction of sp³-hybridized carbons (Fsp3) is 0.421. The molecule has 1 aromatic heterocycles. The van der Waals surface area contributed by atoms with Crippen LogP contribution in [0.25, 0.3) is 0 Å². The van der Waals surface area contributed by atoms with Crippen LogP contribution in [0.15, 0.2) is 35.7 Å². The molecule has 1 aromatic carbocycles. The van der Waals surface area contributed by atoms with Gasteiger partial charge in [-0.05, 0) is 60.6 Å². The molecule has 1 atom stereocenters. The number of hydrogen-bond donors (Lipinski definition) is 0. The highest BCUT2D eigenvalue weighted by molar-refractivity contribution is 7.10. The van der Waals surface area contributed by atoms with Gasteiger partial charge in [-0.3, -0.25) is 4.79 Å². The summed E-state index contributed by atoms with van der Waals surface area (Å²) in [4.78, 5) is 14.3. The molecule has 108 valence electrons. The Morgan fingerprint density at radius 1 is 1.00 bits per heavy atom. The molecule has 21 heavy (non-hydrogen) atoms. The number of ketones is 1. The first-order valence-electron chi connectivity index (χ1n) is 8.03. The molecular formula is C19H20OS. The van der Waals surface area contributed by atoms with Crippen LogP contribution in [-0.2, 0) is 6.42 Å². The van der Waals surface area contributed by atoms with E-state index in [9.17, 15) is 4.79 Å². The first kappa shape index (κ1) is 13.3. The van der Waals surface area contributed by atoms with E-state index in [2.05, 4.69) is 35.7 Å². The van der Waals surface area contributed by atoms with Gasteiger partial charge in [-0.2, -0.15) is 0 Å². The number of carbonyl (C=O) groups excluding carboxylic acids is 1. The second-order valence-corrected chi connectivity index (χ2v) is 7.36. The van der Waals surface area contributed by atoms with Crippen LogP contribution in [0.1, 0.15) is 70.3 Å². The quantitative estimate of drug-likeness (QED) is 0.701. The van der Waals surface area contributed by atoms with Crippen molar-refractivity contribution < 1.29 is 4.79 Å². The number of benzene rings is 1. The fourth-order valence-corrected chi connectivity index (χ4v) is 4.61. The van der Waals surface area contributed by atoms with Gasteiger partial charge in [-0.1, -0.05) is 30.7 Å². The molecule has 4 rings (SSSR count). The molecule has 2 heteroatoms. The minimum Gasteiger partial charge on any atom is -0.293 e. The van der Waals surface area contributed by atoms with Gasteiger partial charge in [0, 0.05) is 16.4 Å². The average molecular weight is 296 g/mol. The predicted octanol–water partition coefficient (Wildman–Crippen LogP) is 5.32. The third-order valence-corrected chi connectivity index (χ3v) is 6.14. The van der Waals surface area contributed by atoms with Crippen molar-refractivity contribution in [2.75, 3.05) is 0 Å². The second-order valence-electron chi connectivity index (χ2n) is 6.36. The topological polar surface area (TPSA) is 17.1 Å². The SMILES string of the molecule is O=C(c1ccc(C2CCC2)cc1)C1CCCc2sccc21. The Morgan fingerprint density at radius 3 is 2.52 bits per heavy atom. The molecule has 0 amide bonds. The number of carbonyl (C=O) groups is 1. The van der Waals surface area contributed by atoms with Crippen molar-refractivity contribution >= 4 is 17.1 Å². The number of fused-ring (bicyclic) bond motifs is 1. The molecule has 0 aliphatic heterocycles. The first-order chi connectivity index (χ1) is 10.3. The normalized spacial score (nSPS) is 21.6. The maximum atomic E-state index is 12.8. The highest BCUT2D eigenvalue weighted by Crippen LogP contribution is 2.38. The molecule has 0 radical (unpaired) electrons. The van der Waals surface area contributed by atoms with Gasteiger partial charge in [0.05, 0.1) is 0 Å². The van der Waals surface area contributed by atoms with Crippen LogP contribution < -0.4 is 0 Å². The molecule has 1 unspecified atom stereocenters. The van der Waals surface area contributed by atoms with E-state index in [0.29, 0.717) is 5.78 Å². The largest absolute Gasteiger partial charge is 0.293 e. The molecule has 0 spiro atoms. The zero-order valence-electron chi connectivity index (χ0n) is 12.2. The summed E-state index contributed by atoms with van der Waals surface area (Å²) in [6.07, 6.45) is 7.28. The van der Waals surface area contributed by atoms with E-state index in [1.165, 1.54) is 35.3 Å². The van der Waals surface area contributed by atoms with Crippen LogP contribution in [0, 0.1) is 0 Å². The van der Waals surface area contributed by atoms with Crippen molar-refractivity contribution in [1.29, 1.82) is 0 Å². The first-order valence-corrected chi connectivity index (χ1v) is 8.91. The number of thiophene rings is 1. The van der Waals surface area contributed by atoms with Crippen molar-refractivity contribution in [2.24, 2.45) is 0 Å². The van der Waals surface area contributed by atoms with Gasteiger partial charge in [0.25, 0.3) is 0 Å². The lowest BCUT2D eigenvalue weighted by Crippen LogP contribution is -2.17. The smallest absolute Gasteiger partial charge is 0.170 e. The zero-order valence-corrected chi connectivity index (χ0v) is 13.0. The van der Waals surface area contributed by atoms with Crippen molar-refractivity contribution in [3.05, 3.63) is 57.3 Å². The summed E-state index contributed by atoms with van der Waals surface area (Å²) in [7, 11) is 0. The summed E-state index contributed by atoms with van der Waals surface area (Å²) in [5.74, 6) is 1.15. The Morgan fingerprint density at radius 2 is 1.81 bits per heavy atom. The molecule has 1 saturated carbocycles. The standard InChI is InChI=1S/C19H20OS/c20-19(17-5-2-6-18-16(17)11-12-21-18)15-9-7-14(8-10-15)13-3-1-4-13/h7-13,17H,1-6H2. The Labute approximate surface area is 130 Å². The zero-order chi connectivity index (χ0) is 14.2. The summed E-state index contributed by atoms with van der Waals surface area (Å²) < 4.78 is 0. The van der Waals surface area contributed by atoms with Crippen LogP contribution in [0.5, 0.6) is 0 Å². The molecule has 0 bridgehead atoms. The van der Waals surface area contributed by atoms with E-state index in [1.54, 1.807) is 11.3 Å². The summed E-state index contributed by atoms with van der Waals surface area (Å²) in [6.45, 7) is 0. The van der Waals surface area contributed by atoms with Crippen molar-refractivity contribution in [3.63, 3.8) is 0 Å². The maximum Gasteiger partial charge on any atom is 0.170 e. The summed E-state index contributed by atoms with van der Waals surface area (Å²) in [5.41, 5.74) is 3.60. The van der Waals surface area contributed by atoms with Gasteiger partial charge in [-0.25, -0.2) is 0 Å². The number of aryl methyl sites for hydroxylation is 1. The van der Waals surface area contributed by atoms with Gasteiger partial charge in [0.2, 0.25) is 0 Å². The van der Waals surface area contributed by atoms with E-state index in [4.69, 9.17) is 0 Å². The molecule has 1 nitrogen and oxygen atoms in total. The van der Waals surface area contributed by atoms with E-state index >= 15 is 0 Å². The molecule has 2 aliphatic rings. The average Bonchev–Trinajstić information content (AvgIpc) is 2.94. The van der Waals surface area contributed by atoms with Crippen LogP contribution in [0.3, 0.4) is 0 Å². The summed E-state index contributed by atoms with van der Waals surface area (Å²) >= 11 is 1.81. The summed E-state index contributed by atoms with van der Waals surface area (Å²) in [5, 5.41) is 2.13. The Balaban J connectivity index is 1.58. The van der Waals surface area contributed by atoms with Crippen molar-refractivity contribution in [1.82, 2.24) is 0 Å². The molecule has 1 heterocycles. The number of Topliss-reactive ketones (excluding diaryl/α,β-unsaturated/α-hetero) is 1. The Hall–Kier alpha value is -1.41. The molecule has 2 aromatic rings. The second kappa shape index (κ2) is 5.42. The fourth-order valence-electron chi connectivity index (χ4n) is 3.62. The lowest BCUT2D eigenvalue weighted by atomic mass is 9.79. The minimum absolute atomic E-state index is 0.0922. The Bertz CT molecular complexity index is 648. The van der Waals surface area contributed by atoms with Gasteiger partial charge in [0.15, 0.2) is 5.78 Å². The van der Waals surface area contributed by atoms with Crippen molar-refractivity contribution in [2.45, 2.75) is 50.4 Å². The van der Waals surface area contributed by atoms with E-state index in [1.807, 2.05) is 0 Å². The van der Waals surface area contributed by atoms with Crippen molar-refractivity contribution in [3.8, 4) is 0 Å². The number of hydrogen-bond acceptors (Lipinski definition) is 2. The molecule has 0 N–H and O–H groups in total.